The molecule has 0 aliphatic carbocycles. The largest absolute Gasteiger partial charge is 0.371 e. The fourth-order valence-electron chi connectivity index (χ4n) is 9.93. The summed E-state index contributed by atoms with van der Waals surface area (Å²) in [5, 5.41) is 16.6. The minimum Gasteiger partial charge on any atom is -0.371 e. The van der Waals surface area contributed by atoms with Gasteiger partial charge in [0.2, 0.25) is 11.8 Å². The molecular weight excluding hydrogens is 781 g/mol. The molecule has 5 N–H and O–H groups in total. The van der Waals surface area contributed by atoms with Crippen LogP contribution in [0.15, 0.2) is 48.7 Å². The number of likely N-dealkylation sites (N-methyl/N-ethyl adjacent to an activating group) is 1. The van der Waals surface area contributed by atoms with Gasteiger partial charge in [0.25, 0.3) is 11.8 Å². The van der Waals surface area contributed by atoms with Crippen LogP contribution in [0.5, 0.6) is 0 Å². The number of nitrogens with one attached hydrogen (secondary N) is 2. The molecule has 3 aromatic rings. The van der Waals surface area contributed by atoms with Gasteiger partial charge >= 0.3 is 6.03 Å². The molecule has 7 heterocycles. The highest BCUT2D eigenvalue weighted by atomic mass is 16.3. The number of carbonyl (C=O) groups is 5. The minimum atomic E-state index is -1.23. The van der Waals surface area contributed by atoms with E-state index in [2.05, 4.69) is 47.3 Å². The van der Waals surface area contributed by atoms with Crippen molar-refractivity contribution in [3.05, 3.63) is 65.5 Å². The number of benzene rings is 2. The van der Waals surface area contributed by atoms with Crippen LogP contribution in [0.2, 0.25) is 0 Å². The van der Waals surface area contributed by atoms with Gasteiger partial charge in [0, 0.05) is 114 Å². The second-order valence-corrected chi connectivity index (χ2v) is 17.2. The van der Waals surface area contributed by atoms with Gasteiger partial charge in [-0.1, -0.05) is 6.07 Å². The molecule has 0 bridgehead atoms. The summed E-state index contributed by atoms with van der Waals surface area (Å²) in [5.74, 6) is -0.581. The number of piperazine rings is 1. The van der Waals surface area contributed by atoms with Crippen molar-refractivity contribution < 1.29 is 29.1 Å². The van der Waals surface area contributed by atoms with Crippen molar-refractivity contribution in [2.45, 2.75) is 56.8 Å². The van der Waals surface area contributed by atoms with Crippen LogP contribution in [0.4, 0.5) is 33.5 Å². The fourth-order valence-corrected chi connectivity index (χ4v) is 9.93. The van der Waals surface area contributed by atoms with Gasteiger partial charge in [-0.05, 0) is 74.4 Å². The zero-order valence-electron chi connectivity index (χ0n) is 34.5. The number of rotatable bonds is 10. The highest BCUT2D eigenvalue weighted by Crippen LogP contribution is 2.38. The van der Waals surface area contributed by atoms with Crippen molar-refractivity contribution in [1.29, 1.82) is 0 Å². The lowest BCUT2D eigenvalue weighted by atomic mass is 9.96. The molecule has 322 valence electrons. The number of amides is 6. The number of hydrogen-bond donors (Lipinski definition) is 4. The zero-order valence-corrected chi connectivity index (χ0v) is 34.5. The highest BCUT2D eigenvalue weighted by Gasteiger charge is 2.45. The van der Waals surface area contributed by atoms with Gasteiger partial charge in [0.05, 0.1) is 12.2 Å². The number of nitrogens with zero attached hydrogens (tertiary/aromatic N) is 9. The molecule has 2 aromatic carbocycles. The summed E-state index contributed by atoms with van der Waals surface area (Å²) in [5.41, 5.74) is 9.48. The Morgan fingerprint density at radius 3 is 2.36 bits per heavy atom. The van der Waals surface area contributed by atoms with Crippen molar-refractivity contribution in [2.24, 2.45) is 11.7 Å². The molecular formula is C43H54N12O6. The van der Waals surface area contributed by atoms with E-state index >= 15 is 0 Å². The number of hydrogen-bond acceptors (Lipinski definition) is 13. The van der Waals surface area contributed by atoms with Crippen molar-refractivity contribution >= 4 is 58.4 Å². The average molecular weight is 835 g/mol. The fraction of sp³-hybridized carbons (Fsp3) is 0.512. The van der Waals surface area contributed by atoms with E-state index in [0.29, 0.717) is 41.8 Å². The number of imide groups is 1. The summed E-state index contributed by atoms with van der Waals surface area (Å²) in [7, 11) is 1.83. The Bertz CT molecular complexity index is 2200. The molecule has 9 rings (SSSR count). The topological polar surface area (TPSA) is 204 Å². The Morgan fingerprint density at radius 2 is 1.62 bits per heavy atom. The number of fused-ring (bicyclic) bond motifs is 1. The van der Waals surface area contributed by atoms with Crippen LogP contribution < -0.4 is 31.1 Å². The third kappa shape index (κ3) is 8.13. The van der Waals surface area contributed by atoms with Gasteiger partial charge < -0.3 is 40.7 Å². The number of primary amides is 1. The molecule has 6 amide bonds. The number of carbonyl (C=O) groups excluding carboxylic acids is 5. The van der Waals surface area contributed by atoms with Gasteiger partial charge in [-0.15, -0.1) is 0 Å². The molecule has 5 saturated heterocycles. The van der Waals surface area contributed by atoms with Gasteiger partial charge in [-0.2, -0.15) is 0 Å². The number of aliphatic hydroxyl groups is 1. The lowest BCUT2D eigenvalue weighted by Crippen LogP contribution is -2.53. The van der Waals surface area contributed by atoms with E-state index < -0.39 is 24.1 Å². The molecule has 4 atom stereocenters. The first kappa shape index (κ1) is 40.4. The van der Waals surface area contributed by atoms with Crippen molar-refractivity contribution in [1.82, 2.24) is 34.9 Å². The van der Waals surface area contributed by atoms with Crippen LogP contribution >= 0.6 is 0 Å². The Balaban J connectivity index is 0.780. The van der Waals surface area contributed by atoms with Gasteiger partial charge in [-0.3, -0.25) is 34.3 Å². The first-order chi connectivity index (χ1) is 29.5. The number of piperidine rings is 3. The number of aliphatic hydroxyl groups excluding tert-OH is 1. The molecule has 0 spiro atoms. The van der Waals surface area contributed by atoms with E-state index in [1.54, 1.807) is 17.2 Å². The average Bonchev–Trinajstić information content (AvgIpc) is 3.73. The molecule has 0 saturated carbocycles. The summed E-state index contributed by atoms with van der Waals surface area (Å²) < 4.78 is 0. The lowest BCUT2D eigenvalue weighted by Gasteiger charge is -2.40. The Kier molecular flexibility index (Phi) is 11.1. The van der Waals surface area contributed by atoms with Crippen LogP contribution in [-0.4, -0.2) is 155 Å². The van der Waals surface area contributed by atoms with E-state index in [1.165, 1.54) is 4.90 Å². The first-order valence-electron chi connectivity index (χ1n) is 21.5. The van der Waals surface area contributed by atoms with Crippen LogP contribution in [0.1, 0.15) is 71.2 Å². The summed E-state index contributed by atoms with van der Waals surface area (Å²) in [6.45, 7) is 9.22. The molecule has 1 aromatic heterocycles. The number of aromatic nitrogens is 2. The molecule has 6 aliphatic rings. The zero-order chi connectivity index (χ0) is 42.4. The van der Waals surface area contributed by atoms with E-state index in [4.69, 9.17) is 10.7 Å². The van der Waals surface area contributed by atoms with Crippen molar-refractivity contribution in [2.75, 3.05) is 99.1 Å². The maximum Gasteiger partial charge on any atom is 0.320 e. The molecule has 0 radical (unpaired) electrons. The van der Waals surface area contributed by atoms with E-state index in [1.807, 2.05) is 36.2 Å². The maximum atomic E-state index is 13.5. The van der Waals surface area contributed by atoms with Crippen LogP contribution in [0, 0.1) is 5.92 Å². The summed E-state index contributed by atoms with van der Waals surface area (Å²) in [6, 6.07) is 12.9. The molecule has 5 fully saturated rings. The molecule has 6 aliphatic heterocycles. The monoisotopic (exact) mass is 834 g/mol. The minimum absolute atomic E-state index is 0.0583. The van der Waals surface area contributed by atoms with E-state index in [0.717, 1.165) is 102 Å². The SMILES string of the molecule is CN1CCN([C@@H]2CCCN(c3cnc(C(N)=O)c(Nc4ccc(N5CCN(C[C@@H]6CCCN(c7ccc8c(c7)C(=O)N(C7CCC(=O)NC7=O)C8O)C6)CC5)cc4)n3)C2)C1=O. The van der Waals surface area contributed by atoms with Crippen molar-refractivity contribution in [3.63, 3.8) is 0 Å². The van der Waals surface area contributed by atoms with Gasteiger partial charge in [0.15, 0.2) is 17.7 Å². The summed E-state index contributed by atoms with van der Waals surface area (Å²) >= 11 is 0. The molecule has 18 nitrogen and oxygen atoms in total. The predicted octanol–water partition coefficient (Wildman–Crippen LogP) is 1.95. The van der Waals surface area contributed by atoms with Crippen LogP contribution in [0.3, 0.4) is 0 Å². The Morgan fingerprint density at radius 1 is 0.869 bits per heavy atom. The maximum absolute atomic E-state index is 13.5. The second-order valence-electron chi connectivity index (χ2n) is 17.2. The highest BCUT2D eigenvalue weighted by molar-refractivity contribution is 6.06. The molecule has 61 heavy (non-hydrogen) atoms. The van der Waals surface area contributed by atoms with Crippen molar-refractivity contribution in [3.8, 4) is 0 Å². The van der Waals surface area contributed by atoms with Crippen LogP contribution in [-0.2, 0) is 9.59 Å². The second kappa shape index (κ2) is 16.8. The van der Waals surface area contributed by atoms with Gasteiger partial charge in [-0.25, -0.2) is 14.8 Å². The lowest BCUT2D eigenvalue weighted by molar-refractivity contribution is -0.139. The van der Waals surface area contributed by atoms with Crippen LogP contribution in [0.25, 0.3) is 0 Å². The Hall–Kier alpha value is -6.01. The van der Waals surface area contributed by atoms with E-state index in [-0.39, 0.29) is 42.4 Å². The first-order valence-corrected chi connectivity index (χ1v) is 21.5. The predicted molar refractivity (Wildman–Crippen MR) is 228 cm³/mol. The van der Waals surface area contributed by atoms with Gasteiger partial charge in [0.1, 0.15) is 11.9 Å². The smallest absolute Gasteiger partial charge is 0.320 e. The normalized spacial score (nSPS) is 25.0. The molecule has 2 unspecified atom stereocenters. The third-order valence-electron chi connectivity index (χ3n) is 13.3. The Labute approximate surface area is 354 Å². The third-order valence-corrected chi connectivity index (χ3v) is 13.3. The standard InChI is InChI=1S/C43H54N12O6/c1-49-16-21-54(43(49)61)31-5-3-15-53(26-31)35-23-45-37(38(44)57)39(47-35)46-28-6-8-29(9-7-28)51-19-17-50(18-20-51)24-27-4-2-14-52(25-27)30-10-11-32-33(22-30)42(60)55(41(32)59)34-12-13-36(56)48-40(34)58/h6-11,22-23,27,31,34,41,59H,2-5,12-21,24-26H2,1H3,(H2,44,57)(H,46,47)(H,48,56,58)/t27-,31+,34?,41?/m0/s1. The van der Waals surface area contributed by atoms with E-state index in [9.17, 15) is 29.1 Å². The number of anilines is 5. The summed E-state index contributed by atoms with van der Waals surface area (Å²) in [4.78, 5) is 86.3. The quantitative estimate of drug-likeness (QED) is 0.216. The summed E-state index contributed by atoms with van der Waals surface area (Å²) in [6.07, 6.45) is 4.69. The number of nitrogens with two attached hydrogens (primary N) is 1. The molecule has 18 heteroatoms. The number of urea groups is 1.